The first-order valence-corrected chi connectivity index (χ1v) is 8.07. The van der Waals surface area contributed by atoms with E-state index in [1.54, 1.807) is 30.3 Å². The number of rotatable bonds is 5. The quantitative estimate of drug-likeness (QED) is 0.861. The van der Waals surface area contributed by atoms with Crippen LogP contribution in [0, 0.1) is 0 Å². The van der Waals surface area contributed by atoms with Gasteiger partial charge in [-0.2, -0.15) is 0 Å². The number of carbonyl (C=O) groups is 1. The van der Waals surface area contributed by atoms with Crippen molar-refractivity contribution in [2.75, 3.05) is 18.2 Å². The summed E-state index contributed by atoms with van der Waals surface area (Å²) in [5, 5.41) is 2.84. The fourth-order valence-corrected chi connectivity index (χ4v) is 2.58. The van der Waals surface area contributed by atoms with Crippen molar-refractivity contribution in [3.8, 4) is 5.75 Å². The fourth-order valence-electron chi connectivity index (χ4n) is 2.03. The molecule has 0 unspecified atom stereocenters. The molecule has 0 saturated heterocycles. The van der Waals surface area contributed by atoms with Gasteiger partial charge in [0.1, 0.15) is 5.69 Å². The van der Waals surface area contributed by atoms with Crippen LogP contribution in [-0.2, 0) is 7.05 Å². The minimum Gasteiger partial charge on any atom is -0.488 e. The molecule has 0 bridgehead atoms. The van der Waals surface area contributed by atoms with Crippen LogP contribution in [-0.4, -0.2) is 23.3 Å². The van der Waals surface area contributed by atoms with Crippen LogP contribution in [0.25, 0.3) is 0 Å². The summed E-state index contributed by atoms with van der Waals surface area (Å²) >= 11 is 1.55. The maximum atomic E-state index is 12.4. The number of amides is 1. The van der Waals surface area contributed by atoms with Crippen LogP contribution >= 0.6 is 11.8 Å². The first kappa shape index (κ1) is 16.2. The minimum atomic E-state index is -0.329. The van der Waals surface area contributed by atoms with Crippen LogP contribution < -0.4 is 15.5 Å². The summed E-state index contributed by atoms with van der Waals surface area (Å²) in [6, 6.07) is 8.82. The maximum Gasteiger partial charge on any atom is 0.272 e. The van der Waals surface area contributed by atoms with Crippen molar-refractivity contribution in [3.63, 3.8) is 0 Å². The van der Waals surface area contributed by atoms with E-state index in [0.717, 1.165) is 10.6 Å². The zero-order valence-corrected chi connectivity index (χ0v) is 13.6. The number of thioether (sulfide) groups is 1. The molecule has 1 aromatic heterocycles. The second-order valence-corrected chi connectivity index (χ2v) is 5.43. The van der Waals surface area contributed by atoms with E-state index in [1.807, 2.05) is 30.5 Å². The van der Waals surface area contributed by atoms with Crippen molar-refractivity contribution in [3.05, 3.63) is 52.4 Å². The molecular weight excluding hydrogens is 300 g/mol. The van der Waals surface area contributed by atoms with Crippen molar-refractivity contribution in [2.45, 2.75) is 11.8 Å². The Morgan fingerprint density at radius 1 is 1.36 bits per heavy atom. The van der Waals surface area contributed by atoms with Gasteiger partial charge in [0.25, 0.3) is 5.91 Å². The number of benzene rings is 1. The van der Waals surface area contributed by atoms with E-state index in [1.165, 1.54) is 12.3 Å². The zero-order valence-electron chi connectivity index (χ0n) is 12.8. The molecule has 1 N–H and O–H groups in total. The molecule has 6 heteroatoms. The summed E-state index contributed by atoms with van der Waals surface area (Å²) in [6.45, 7) is 2.21. The molecule has 0 saturated carbocycles. The van der Waals surface area contributed by atoms with E-state index < -0.39 is 0 Å². The van der Waals surface area contributed by atoms with E-state index in [2.05, 4.69) is 5.32 Å². The predicted molar refractivity (Wildman–Crippen MR) is 89.0 cm³/mol. The molecule has 0 radical (unpaired) electrons. The van der Waals surface area contributed by atoms with Gasteiger partial charge in [0.2, 0.25) is 5.43 Å². The summed E-state index contributed by atoms with van der Waals surface area (Å²) in [5.41, 5.74) is 0.703. The van der Waals surface area contributed by atoms with Gasteiger partial charge in [-0.15, -0.1) is 11.8 Å². The standard InChI is InChI=1S/C16H18N2O3S/c1-4-21-14-10-18(2)12(9-13(14)19)16(20)17-11-7-5-6-8-15(11)22-3/h5-10H,4H2,1-3H3,(H,17,20). The van der Waals surface area contributed by atoms with Gasteiger partial charge in [0.15, 0.2) is 5.75 Å². The van der Waals surface area contributed by atoms with Crippen LogP contribution in [0.15, 0.2) is 46.2 Å². The third-order valence-corrected chi connectivity index (χ3v) is 3.89. The summed E-state index contributed by atoms with van der Waals surface area (Å²) in [6.07, 6.45) is 3.47. The molecule has 22 heavy (non-hydrogen) atoms. The molecule has 1 amide bonds. The van der Waals surface area contributed by atoms with Gasteiger partial charge in [0, 0.05) is 18.0 Å². The number of nitrogens with zero attached hydrogens (tertiary/aromatic N) is 1. The van der Waals surface area contributed by atoms with Gasteiger partial charge in [-0.3, -0.25) is 9.59 Å². The number of aromatic nitrogens is 1. The maximum absolute atomic E-state index is 12.4. The van der Waals surface area contributed by atoms with E-state index in [4.69, 9.17) is 4.74 Å². The Morgan fingerprint density at radius 3 is 2.77 bits per heavy atom. The molecule has 0 aliphatic carbocycles. The highest BCUT2D eigenvalue weighted by Crippen LogP contribution is 2.25. The largest absolute Gasteiger partial charge is 0.488 e. The van der Waals surface area contributed by atoms with E-state index >= 15 is 0 Å². The molecule has 116 valence electrons. The van der Waals surface area contributed by atoms with Gasteiger partial charge < -0.3 is 14.6 Å². The Bertz CT molecular complexity index is 740. The third-order valence-electron chi connectivity index (χ3n) is 3.09. The lowest BCUT2D eigenvalue weighted by Crippen LogP contribution is -2.22. The lowest BCUT2D eigenvalue weighted by Gasteiger charge is -2.13. The van der Waals surface area contributed by atoms with Crippen molar-refractivity contribution in [2.24, 2.45) is 7.05 Å². The number of para-hydroxylation sites is 1. The number of hydrogen-bond acceptors (Lipinski definition) is 4. The minimum absolute atomic E-state index is 0.242. The van der Waals surface area contributed by atoms with Gasteiger partial charge >= 0.3 is 0 Å². The van der Waals surface area contributed by atoms with Crippen LogP contribution in [0.4, 0.5) is 5.69 Å². The van der Waals surface area contributed by atoms with Crippen LogP contribution in [0.2, 0.25) is 0 Å². The van der Waals surface area contributed by atoms with Gasteiger partial charge in [0.05, 0.1) is 18.5 Å². The predicted octanol–water partition coefficient (Wildman–Crippen LogP) is 2.76. The summed E-state index contributed by atoms with van der Waals surface area (Å²) in [4.78, 5) is 25.3. The molecule has 0 fully saturated rings. The fraction of sp³-hybridized carbons (Fsp3) is 0.250. The summed E-state index contributed by atoms with van der Waals surface area (Å²) < 4.78 is 6.83. The first-order valence-electron chi connectivity index (χ1n) is 6.84. The van der Waals surface area contributed by atoms with E-state index in [9.17, 15) is 9.59 Å². The number of aryl methyl sites for hydroxylation is 1. The highest BCUT2D eigenvalue weighted by Gasteiger charge is 2.14. The van der Waals surface area contributed by atoms with Crippen molar-refractivity contribution in [1.82, 2.24) is 4.57 Å². The number of pyridine rings is 1. The summed E-state index contributed by atoms with van der Waals surface area (Å²) in [7, 11) is 1.71. The average molecular weight is 318 g/mol. The highest BCUT2D eigenvalue weighted by molar-refractivity contribution is 7.98. The van der Waals surface area contributed by atoms with Crippen molar-refractivity contribution in [1.29, 1.82) is 0 Å². The normalized spacial score (nSPS) is 10.3. The second kappa shape index (κ2) is 7.17. The summed E-state index contributed by atoms with van der Waals surface area (Å²) in [5.74, 6) is -0.0878. The Morgan fingerprint density at radius 2 is 2.09 bits per heavy atom. The number of anilines is 1. The average Bonchev–Trinajstić information content (AvgIpc) is 2.51. The van der Waals surface area contributed by atoms with Gasteiger partial charge in [-0.25, -0.2) is 0 Å². The van der Waals surface area contributed by atoms with Crippen LogP contribution in [0.1, 0.15) is 17.4 Å². The molecule has 2 aromatic rings. The lowest BCUT2D eigenvalue weighted by molar-refractivity contribution is 0.101. The molecular formula is C16H18N2O3S. The van der Waals surface area contributed by atoms with Crippen LogP contribution in [0.3, 0.4) is 0 Å². The number of nitrogens with one attached hydrogen (secondary N) is 1. The van der Waals surface area contributed by atoms with Crippen molar-refractivity contribution >= 4 is 23.4 Å². The highest BCUT2D eigenvalue weighted by atomic mass is 32.2. The van der Waals surface area contributed by atoms with Gasteiger partial charge in [-0.1, -0.05) is 12.1 Å². The molecule has 1 aromatic carbocycles. The van der Waals surface area contributed by atoms with Gasteiger partial charge in [-0.05, 0) is 25.3 Å². The number of ether oxygens (including phenoxy) is 1. The monoisotopic (exact) mass is 318 g/mol. The lowest BCUT2D eigenvalue weighted by atomic mass is 10.2. The SMILES string of the molecule is CCOc1cn(C)c(C(=O)Nc2ccccc2SC)cc1=O. The Balaban J connectivity index is 2.30. The molecule has 2 rings (SSSR count). The molecule has 0 atom stereocenters. The second-order valence-electron chi connectivity index (χ2n) is 4.59. The Hall–Kier alpha value is -2.21. The van der Waals surface area contributed by atoms with Crippen molar-refractivity contribution < 1.29 is 9.53 Å². The Kier molecular flexibility index (Phi) is 5.27. The molecule has 5 nitrogen and oxygen atoms in total. The van der Waals surface area contributed by atoms with Crippen LogP contribution in [0.5, 0.6) is 5.75 Å². The number of hydrogen-bond donors (Lipinski definition) is 1. The molecule has 1 heterocycles. The molecule has 0 aliphatic heterocycles. The smallest absolute Gasteiger partial charge is 0.272 e. The Labute approximate surface area is 133 Å². The first-order chi connectivity index (χ1) is 10.6. The molecule has 0 aliphatic rings. The number of carbonyl (C=O) groups excluding carboxylic acids is 1. The topological polar surface area (TPSA) is 60.3 Å². The van der Waals surface area contributed by atoms with E-state index in [-0.39, 0.29) is 22.8 Å². The zero-order chi connectivity index (χ0) is 16.1. The van der Waals surface area contributed by atoms with E-state index in [0.29, 0.717) is 6.61 Å². The third kappa shape index (κ3) is 3.51. The molecule has 0 spiro atoms.